The number of nitrogens with zero attached hydrogens (tertiary/aromatic N) is 3. The van der Waals surface area contributed by atoms with Gasteiger partial charge >= 0.3 is 0 Å². The van der Waals surface area contributed by atoms with Crippen LogP contribution in [0.15, 0.2) is 54.2 Å². The number of nitriles is 1. The van der Waals surface area contributed by atoms with Gasteiger partial charge in [0.2, 0.25) is 0 Å². The van der Waals surface area contributed by atoms with Crippen molar-refractivity contribution in [2.45, 2.75) is 51.6 Å². The topological polar surface area (TPSA) is 61.8 Å². The van der Waals surface area contributed by atoms with Crippen LogP contribution in [0, 0.1) is 29.5 Å². The van der Waals surface area contributed by atoms with E-state index in [0.29, 0.717) is 31.2 Å². The van der Waals surface area contributed by atoms with Gasteiger partial charge in [-0.3, -0.25) is 0 Å². The highest BCUT2D eigenvalue weighted by molar-refractivity contribution is 5.62. The fourth-order valence-electron chi connectivity index (χ4n) is 5.50. The summed E-state index contributed by atoms with van der Waals surface area (Å²) < 4.78 is 15.2. The Hall–Kier alpha value is -3.23. The van der Waals surface area contributed by atoms with E-state index in [1.54, 1.807) is 12.1 Å². The number of halogens is 1. The lowest BCUT2D eigenvalue weighted by Crippen LogP contribution is -2.45. The molecule has 32 heavy (non-hydrogen) atoms. The van der Waals surface area contributed by atoms with Gasteiger partial charge in [0.05, 0.1) is 34.8 Å². The van der Waals surface area contributed by atoms with Crippen molar-refractivity contribution in [3.8, 4) is 11.8 Å². The first-order chi connectivity index (χ1) is 15.3. The van der Waals surface area contributed by atoms with Crippen molar-refractivity contribution in [1.29, 1.82) is 5.26 Å². The number of fused-ring (bicyclic) bond motifs is 2. The molecule has 1 fully saturated rings. The summed E-state index contributed by atoms with van der Waals surface area (Å²) in [6.45, 7) is 4.18. The Balaban J connectivity index is 1.44. The summed E-state index contributed by atoms with van der Waals surface area (Å²) >= 11 is 0. The fraction of sp³-hybridized carbons (Fsp3) is 0.333. The normalized spacial score (nSPS) is 23.9. The van der Waals surface area contributed by atoms with Crippen LogP contribution < -0.4 is 0 Å². The van der Waals surface area contributed by atoms with E-state index >= 15 is 0 Å². The third-order valence-corrected chi connectivity index (χ3v) is 7.55. The molecule has 4 nitrogen and oxygen atoms in total. The molecule has 3 aromatic rings. The quantitative estimate of drug-likeness (QED) is 0.615. The molecule has 1 heterocycles. The second-order valence-corrected chi connectivity index (χ2v) is 9.43. The Bertz CT molecular complexity index is 1270. The molecule has 162 valence electrons. The van der Waals surface area contributed by atoms with Gasteiger partial charge in [0.1, 0.15) is 5.82 Å². The molecule has 1 aromatic heterocycles. The van der Waals surface area contributed by atoms with E-state index in [-0.39, 0.29) is 11.2 Å². The van der Waals surface area contributed by atoms with Crippen molar-refractivity contribution in [3.63, 3.8) is 0 Å². The number of aromatic nitrogens is 2. The summed E-state index contributed by atoms with van der Waals surface area (Å²) in [5, 5.41) is 25.9. The molecule has 0 bridgehead atoms. The molecular weight excluding hydrogens is 401 g/mol. The van der Waals surface area contributed by atoms with E-state index < -0.39 is 5.60 Å². The lowest BCUT2D eigenvalue weighted by molar-refractivity contribution is -0.0461. The Labute approximate surface area is 187 Å². The summed E-state index contributed by atoms with van der Waals surface area (Å²) in [5.41, 5.74) is 5.77. The first-order valence-corrected chi connectivity index (χ1v) is 11.1. The zero-order valence-corrected chi connectivity index (χ0v) is 18.4. The minimum absolute atomic E-state index is 0.269. The Kier molecular flexibility index (Phi) is 4.79. The predicted molar refractivity (Wildman–Crippen MR) is 122 cm³/mol. The molecule has 2 aliphatic rings. The van der Waals surface area contributed by atoms with Crippen LogP contribution in [0.1, 0.15) is 54.1 Å². The average molecular weight is 428 g/mol. The molecule has 0 spiro atoms. The molecular formula is C27H26FN3O. The second kappa shape index (κ2) is 7.43. The number of aryl methyl sites for hydroxylation is 2. The van der Waals surface area contributed by atoms with Crippen LogP contribution in [-0.4, -0.2) is 20.5 Å². The summed E-state index contributed by atoms with van der Waals surface area (Å²) in [5.74, 6) is -0.269. The van der Waals surface area contributed by atoms with E-state index in [0.717, 1.165) is 34.5 Å². The fourth-order valence-corrected chi connectivity index (χ4v) is 5.50. The zero-order chi connectivity index (χ0) is 22.5. The average Bonchev–Trinajstić information content (AvgIpc) is 3.29. The second-order valence-electron chi connectivity index (χ2n) is 9.43. The first kappa shape index (κ1) is 20.7. The summed E-state index contributed by atoms with van der Waals surface area (Å²) in [6.07, 6.45) is 7.57. The highest BCUT2D eigenvalue weighted by Gasteiger charge is 2.54. The van der Waals surface area contributed by atoms with Gasteiger partial charge in [-0.1, -0.05) is 30.2 Å². The molecule has 1 saturated carbocycles. The van der Waals surface area contributed by atoms with Crippen molar-refractivity contribution in [2.75, 3.05) is 0 Å². The number of rotatable bonds is 4. The molecule has 0 amide bonds. The maximum atomic E-state index is 13.4. The largest absolute Gasteiger partial charge is 0.389 e. The minimum atomic E-state index is -0.842. The molecule has 2 aromatic carbocycles. The van der Waals surface area contributed by atoms with Crippen LogP contribution in [0.3, 0.4) is 0 Å². The highest BCUT2D eigenvalue weighted by atomic mass is 19.1. The number of hydrogen-bond donors (Lipinski definition) is 1. The molecule has 0 radical (unpaired) electrons. The first-order valence-electron chi connectivity index (χ1n) is 11.1. The third kappa shape index (κ3) is 3.18. The molecule has 1 N–H and O–H groups in total. The van der Waals surface area contributed by atoms with Gasteiger partial charge in [-0.15, -0.1) is 0 Å². The van der Waals surface area contributed by atoms with E-state index in [1.165, 1.54) is 17.7 Å². The van der Waals surface area contributed by atoms with Crippen LogP contribution in [0.4, 0.5) is 4.39 Å². The predicted octanol–water partition coefficient (Wildman–Crippen LogP) is 5.30. The summed E-state index contributed by atoms with van der Waals surface area (Å²) in [4.78, 5) is 0. The van der Waals surface area contributed by atoms with Gasteiger partial charge in [-0.05, 0) is 86.6 Å². The molecule has 2 aliphatic carbocycles. The standard InChI is InChI=1S/C27H26FN3O/c1-18-3-4-20(16-29)19(13-18)9-11-27(32)12-10-22-14-25-21(15-26(22,27)2)17-30-31(25)24-7-5-23(28)6-8-24/h3-8,13-14,17,32H,9-12,15H2,1-2H3/t26-,27-/m0/s1. The maximum absolute atomic E-state index is 13.4. The summed E-state index contributed by atoms with van der Waals surface area (Å²) in [7, 11) is 0. The highest BCUT2D eigenvalue weighted by Crippen LogP contribution is 2.56. The molecule has 5 rings (SSSR count). The molecule has 0 unspecified atom stereocenters. The van der Waals surface area contributed by atoms with Crippen molar-refractivity contribution < 1.29 is 9.50 Å². The lowest BCUT2D eigenvalue weighted by atomic mass is 9.65. The van der Waals surface area contributed by atoms with Crippen molar-refractivity contribution in [3.05, 3.63) is 88.0 Å². The van der Waals surface area contributed by atoms with E-state index in [9.17, 15) is 14.8 Å². The van der Waals surface area contributed by atoms with Gasteiger partial charge < -0.3 is 5.11 Å². The van der Waals surface area contributed by atoms with Crippen LogP contribution in [0.2, 0.25) is 0 Å². The third-order valence-electron chi connectivity index (χ3n) is 7.55. The zero-order valence-electron chi connectivity index (χ0n) is 18.4. The number of aliphatic hydroxyl groups is 1. The molecule has 2 atom stereocenters. The Morgan fingerprint density at radius 1 is 1.22 bits per heavy atom. The van der Waals surface area contributed by atoms with Crippen LogP contribution >= 0.6 is 0 Å². The van der Waals surface area contributed by atoms with Gasteiger partial charge in [0.15, 0.2) is 0 Å². The number of benzene rings is 2. The van der Waals surface area contributed by atoms with Gasteiger partial charge in [0.25, 0.3) is 0 Å². The van der Waals surface area contributed by atoms with Crippen molar-refractivity contribution in [2.24, 2.45) is 5.41 Å². The molecule has 0 aliphatic heterocycles. The Morgan fingerprint density at radius 2 is 2.00 bits per heavy atom. The lowest BCUT2D eigenvalue weighted by Gasteiger charge is -2.42. The van der Waals surface area contributed by atoms with Crippen molar-refractivity contribution in [1.82, 2.24) is 9.78 Å². The van der Waals surface area contributed by atoms with Gasteiger partial charge in [-0.25, -0.2) is 9.07 Å². The molecule has 0 saturated heterocycles. The van der Waals surface area contributed by atoms with E-state index in [1.807, 2.05) is 29.9 Å². The minimum Gasteiger partial charge on any atom is -0.389 e. The van der Waals surface area contributed by atoms with Crippen LogP contribution in [-0.2, 0) is 12.8 Å². The smallest absolute Gasteiger partial charge is 0.123 e. The van der Waals surface area contributed by atoms with Gasteiger partial charge in [-0.2, -0.15) is 10.4 Å². The van der Waals surface area contributed by atoms with Gasteiger partial charge in [0, 0.05) is 5.41 Å². The maximum Gasteiger partial charge on any atom is 0.123 e. The SMILES string of the molecule is Cc1ccc(C#N)c(CC[C@]2(O)CCC3=Cc4c(cnn4-c4ccc(F)cc4)C[C@@]32C)c1. The van der Waals surface area contributed by atoms with Crippen LogP contribution in [0.5, 0.6) is 0 Å². The number of hydrogen-bond acceptors (Lipinski definition) is 3. The molecule has 5 heteroatoms. The van der Waals surface area contributed by atoms with Crippen LogP contribution in [0.25, 0.3) is 11.8 Å². The monoisotopic (exact) mass is 427 g/mol. The van der Waals surface area contributed by atoms with E-state index in [4.69, 9.17) is 0 Å². The van der Waals surface area contributed by atoms with E-state index in [2.05, 4.69) is 30.2 Å². The van der Waals surface area contributed by atoms with Crippen molar-refractivity contribution >= 4 is 6.08 Å². The summed E-state index contributed by atoms with van der Waals surface area (Å²) in [6, 6.07) is 14.5. The Morgan fingerprint density at radius 3 is 2.75 bits per heavy atom.